The van der Waals surface area contributed by atoms with Crippen LogP contribution in [0.4, 0.5) is 5.69 Å². The molecule has 1 aliphatic rings. The van der Waals surface area contributed by atoms with E-state index in [4.69, 9.17) is 0 Å². The highest BCUT2D eigenvalue weighted by molar-refractivity contribution is 5.58. The molecule has 0 aliphatic carbocycles. The summed E-state index contributed by atoms with van der Waals surface area (Å²) < 4.78 is 0. The van der Waals surface area contributed by atoms with Crippen LogP contribution in [0.2, 0.25) is 0 Å². The zero-order valence-electron chi connectivity index (χ0n) is 9.88. The molecule has 0 aromatic carbocycles. The lowest BCUT2D eigenvalue weighted by Gasteiger charge is -2.20. The van der Waals surface area contributed by atoms with Crippen molar-refractivity contribution < 1.29 is 0 Å². The molecule has 0 bridgehead atoms. The van der Waals surface area contributed by atoms with Gasteiger partial charge in [0.1, 0.15) is 0 Å². The van der Waals surface area contributed by atoms with Crippen LogP contribution in [0.3, 0.4) is 0 Å². The van der Waals surface area contributed by atoms with Crippen LogP contribution < -0.4 is 4.90 Å². The number of hydrogen-bond acceptors (Lipinski definition) is 5. The first kappa shape index (κ1) is 10.2. The number of pyridine rings is 1. The first-order valence-corrected chi connectivity index (χ1v) is 5.59. The van der Waals surface area contributed by atoms with E-state index in [0.717, 1.165) is 12.2 Å². The van der Waals surface area contributed by atoms with Gasteiger partial charge >= 0.3 is 0 Å². The molecule has 0 atom stereocenters. The third-order valence-corrected chi connectivity index (χ3v) is 3.08. The van der Waals surface area contributed by atoms with Crippen LogP contribution in [0.25, 0.3) is 0 Å². The minimum absolute atomic E-state index is 0.0698. The van der Waals surface area contributed by atoms with Crippen molar-refractivity contribution in [1.82, 2.24) is 25.6 Å². The molecule has 6 nitrogen and oxygen atoms in total. The minimum Gasteiger partial charge on any atom is -0.361 e. The number of nitrogens with one attached hydrogen (secondary N) is 1. The van der Waals surface area contributed by atoms with Crippen molar-refractivity contribution in [2.24, 2.45) is 0 Å². The van der Waals surface area contributed by atoms with Gasteiger partial charge in [-0.1, -0.05) is 19.1 Å². The Kier molecular flexibility index (Phi) is 2.10. The van der Waals surface area contributed by atoms with Gasteiger partial charge < -0.3 is 4.90 Å². The van der Waals surface area contributed by atoms with Crippen LogP contribution >= 0.6 is 0 Å². The molecule has 0 amide bonds. The van der Waals surface area contributed by atoms with Crippen molar-refractivity contribution in [3.63, 3.8) is 0 Å². The molecule has 0 spiro atoms. The number of aromatic amines is 1. The van der Waals surface area contributed by atoms with E-state index in [9.17, 15) is 0 Å². The quantitative estimate of drug-likeness (QED) is 0.829. The summed E-state index contributed by atoms with van der Waals surface area (Å²) in [6.07, 6.45) is 1.85. The highest BCUT2D eigenvalue weighted by atomic mass is 15.5. The lowest BCUT2D eigenvalue weighted by molar-refractivity contribution is 0.534. The molecule has 17 heavy (non-hydrogen) atoms. The lowest BCUT2D eigenvalue weighted by Crippen LogP contribution is -2.28. The van der Waals surface area contributed by atoms with Crippen LogP contribution in [-0.2, 0) is 12.0 Å². The van der Waals surface area contributed by atoms with Gasteiger partial charge in [-0.05, 0) is 12.1 Å². The first-order chi connectivity index (χ1) is 8.17. The predicted octanol–water partition coefficient (Wildman–Crippen LogP) is 0.892. The standard InChI is InChI=1S/C11H14N6/c1-11(2)7-17(6-9-13-15-16-14-9)8-4-3-5-12-10(8)11/h3-5H,6-7H2,1-2H3,(H,13,14,15,16). The summed E-state index contributed by atoms with van der Waals surface area (Å²) in [6.45, 7) is 6.00. The normalized spacial score (nSPS) is 17.2. The Morgan fingerprint density at radius 1 is 1.47 bits per heavy atom. The molecule has 0 fully saturated rings. The Balaban J connectivity index is 1.94. The summed E-state index contributed by atoms with van der Waals surface area (Å²) in [5, 5.41) is 14.0. The largest absolute Gasteiger partial charge is 0.361 e. The minimum atomic E-state index is 0.0698. The highest BCUT2D eigenvalue weighted by Gasteiger charge is 2.36. The summed E-state index contributed by atoms with van der Waals surface area (Å²) in [6, 6.07) is 4.06. The average Bonchev–Trinajstić information content (AvgIpc) is 2.88. The monoisotopic (exact) mass is 230 g/mol. The van der Waals surface area contributed by atoms with Crippen LogP contribution in [0.5, 0.6) is 0 Å². The molecule has 2 aromatic rings. The second kappa shape index (κ2) is 3.51. The van der Waals surface area contributed by atoms with E-state index in [-0.39, 0.29) is 5.41 Å². The van der Waals surface area contributed by atoms with Crippen molar-refractivity contribution in [3.8, 4) is 0 Å². The summed E-state index contributed by atoms with van der Waals surface area (Å²) in [4.78, 5) is 6.73. The molecular formula is C11H14N6. The predicted molar refractivity (Wildman–Crippen MR) is 62.5 cm³/mol. The van der Waals surface area contributed by atoms with E-state index in [2.05, 4.69) is 50.4 Å². The third-order valence-electron chi connectivity index (χ3n) is 3.08. The number of rotatable bonds is 2. The van der Waals surface area contributed by atoms with Gasteiger partial charge in [-0.25, -0.2) is 0 Å². The maximum Gasteiger partial charge on any atom is 0.193 e. The van der Waals surface area contributed by atoms with E-state index < -0.39 is 0 Å². The van der Waals surface area contributed by atoms with Crippen molar-refractivity contribution in [3.05, 3.63) is 29.8 Å². The van der Waals surface area contributed by atoms with Gasteiger partial charge in [0, 0.05) is 18.2 Å². The molecule has 1 aliphatic heterocycles. The molecule has 2 aromatic heterocycles. The van der Waals surface area contributed by atoms with Crippen LogP contribution in [0.15, 0.2) is 18.3 Å². The fourth-order valence-electron chi connectivity index (χ4n) is 2.37. The summed E-state index contributed by atoms with van der Waals surface area (Å²) in [5.74, 6) is 0.706. The smallest absolute Gasteiger partial charge is 0.193 e. The summed E-state index contributed by atoms with van der Waals surface area (Å²) in [5.41, 5.74) is 2.38. The number of anilines is 1. The fraction of sp³-hybridized carbons (Fsp3) is 0.455. The molecule has 0 radical (unpaired) electrons. The van der Waals surface area contributed by atoms with Gasteiger partial charge in [0.25, 0.3) is 0 Å². The van der Waals surface area contributed by atoms with Gasteiger partial charge in [0.15, 0.2) is 5.82 Å². The number of nitrogens with zero attached hydrogens (tertiary/aromatic N) is 5. The Bertz CT molecular complexity index is 519. The fourth-order valence-corrected chi connectivity index (χ4v) is 2.37. The van der Waals surface area contributed by atoms with Crippen LogP contribution in [-0.4, -0.2) is 32.2 Å². The summed E-state index contributed by atoms with van der Waals surface area (Å²) in [7, 11) is 0. The van der Waals surface area contributed by atoms with E-state index in [0.29, 0.717) is 12.4 Å². The second-order valence-corrected chi connectivity index (χ2v) is 4.94. The zero-order valence-corrected chi connectivity index (χ0v) is 9.88. The molecule has 0 saturated carbocycles. The maximum absolute atomic E-state index is 4.49. The maximum atomic E-state index is 4.49. The van der Waals surface area contributed by atoms with Gasteiger partial charge in [0.2, 0.25) is 0 Å². The van der Waals surface area contributed by atoms with E-state index in [1.54, 1.807) is 0 Å². The molecule has 1 N–H and O–H groups in total. The van der Waals surface area contributed by atoms with E-state index in [1.165, 1.54) is 5.69 Å². The highest BCUT2D eigenvalue weighted by Crippen LogP contribution is 2.38. The van der Waals surface area contributed by atoms with Crippen molar-refractivity contribution in [2.45, 2.75) is 25.8 Å². The number of hydrogen-bond donors (Lipinski definition) is 1. The Hall–Kier alpha value is -1.98. The Morgan fingerprint density at radius 3 is 3.12 bits per heavy atom. The molecule has 6 heteroatoms. The number of tetrazole rings is 1. The molecule has 3 heterocycles. The summed E-state index contributed by atoms with van der Waals surface area (Å²) >= 11 is 0. The number of H-pyrrole nitrogens is 1. The molecule has 3 rings (SSSR count). The van der Waals surface area contributed by atoms with Crippen LogP contribution in [0.1, 0.15) is 25.4 Å². The Morgan fingerprint density at radius 2 is 2.35 bits per heavy atom. The van der Waals surface area contributed by atoms with Crippen molar-refractivity contribution >= 4 is 5.69 Å². The topological polar surface area (TPSA) is 70.6 Å². The first-order valence-electron chi connectivity index (χ1n) is 5.59. The molecular weight excluding hydrogens is 216 g/mol. The zero-order chi connectivity index (χ0) is 11.9. The number of fused-ring (bicyclic) bond motifs is 1. The van der Waals surface area contributed by atoms with Gasteiger partial charge in [-0.2, -0.15) is 5.21 Å². The van der Waals surface area contributed by atoms with Crippen LogP contribution in [0, 0.1) is 0 Å². The SMILES string of the molecule is CC1(C)CN(Cc2nn[nH]n2)c2cccnc21. The van der Waals surface area contributed by atoms with Gasteiger partial charge in [0.05, 0.1) is 17.9 Å². The molecule has 0 unspecified atom stereocenters. The van der Waals surface area contributed by atoms with Crippen molar-refractivity contribution in [2.75, 3.05) is 11.4 Å². The lowest BCUT2D eigenvalue weighted by atomic mass is 9.91. The Labute approximate surface area is 99.1 Å². The third kappa shape index (κ3) is 1.65. The van der Waals surface area contributed by atoms with E-state index in [1.807, 2.05) is 12.3 Å². The average molecular weight is 230 g/mol. The van der Waals surface area contributed by atoms with Gasteiger partial charge in [-0.3, -0.25) is 4.98 Å². The van der Waals surface area contributed by atoms with Crippen molar-refractivity contribution in [1.29, 1.82) is 0 Å². The van der Waals surface area contributed by atoms with E-state index >= 15 is 0 Å². The van der Waals surface area contributed by atoms with Gasteiger partial charge in [-0.15, -0.1) is 10.2 Å². The second-order valence-electron chi connectivity index (χ2n) is 4.94. The molecule has 0 saturated heterocycles. The molecule has 88 valence electrons. The number of aromatic nitrogens is 5.